The van der Waals surface area contributed by atoms with Crippen molar-refractivity contribution in [3.8, 4) is 0 Å². The van der Waals surface area contributed by atoms with E-state index in [0.717, 1.165) is 4.90 Å². The maximum atomic E-state index is 11.0. The van der Waals surface area contributed by atoms with Gasteiger partial charge in [-0.15, -0.1) is 11.8 Å². The molecule has 0 spiro atoms. The van der Waals surface area contributed by atoms with Crippen LogP contribution in [-0.2, 0) is 9.05 Å². The molecule has 1 aromatic carbocycles. The molecule has 0 aliphatic heterocycles. The minimum Gasteiger partial charge on any atom is -0.427 e. The van der Waals surface area contributed by atoms with Crippen molar-refractivity contribution < 1.29 is 12.8 Å². The van der Waals surface area contributed by atoms with Gasteiger partial charge in [0, 0.05) is 15.6 Å². The number of benzene rings is 1. The molecule has 2 rings (SSSR count). The predicted molar refractivity (Wildman–Crippen MR) is 58.8 cm³/mol. The summed E-state index contributed by atoms with van der Waals surface area (Å²) >= 11 is 1.46. The van der Waals surface area contributed by atoms with Crippen LogP contribution in [0.1, 0.15) is 0 Å². The number of fused-ring (bicyclic) bond motifs is 1. The molecule has 0 unspecified atom stereocenters. The molecule has 0 saturated heterocycles. The Labute approximate surface area is 95.0 Å². The lowest BCUT2D eigenvalue weighted by atomic mass is 10.3. The van der Waals surface area contributed by atoms with Crippen LogP contribution in [0.5, 0.6) is 0 Å². The van der Waals surface area contributed by atoms with Crippen molar-refractivity contribution in [2.24, 2.45) is 0 Å². The Hall–Kier alpha value is -0.720. The normalized spacial score (nSPS) is 12.1. The zero-order chi connectivity index (χ0) is 11.1. The Kier molecular flexibility index (Phi) is 2.66. The largest absolute Gasteiger partial charge is 0.427 e. The van der Waals surface area contributed by atoms with Gasteiger partial charge in [-0.25, -0.2) is 8.42 Å². The quantitative estimate of drug-likeness (QED) is 0.615. The van der Waals surface area contributed by atoms with E-state index in [0.29, 0.717) is 11.1 Å². The van der Waals surface area contributed by atoms with Gasteiger partial charge in [-0.1, -0.05) is 6.07 Å². The molecule has 0 radical (unpaired) electrons. The fourth-order valence-corrected chi connectivity index (χ4v) is 2.31. The van der Waals surface area contributed by atoms with Crippen LogP contribution in [0.15, 0.2) is 32.7 Å². The highest BCUT2D eigenvalue weighted by Gasteiger charge is 2.19. The lowest BCUT2D eigenvalue weighted by Gasteiger charge is -1.93. The molecule has 4 nitrogen and oxygen atoms in total. The lowest BCUT2D eigenvalue weighted by Crippen LogP contribution is -1.89. The number of para-hydroxylation sites is 1. The van der Waals surface area contributed by atoms with Crippen molar-refractivity contribution in [1.82, 2.24) is 4.98 Å². The average Bonchev–Trinajstić information content (AvgIpc) is 2.59. The summed E-state index contributed by atoms with van der Waals surface area (Å²) in [5.74, 6) is 0. The second-order valence-electron chi connectivity index (χ2n) is 2.72. The smallest absolute Gasteiger partial charge is 0.332 e. The van der Waals surface area contributed by atoms with Crippen molar-refractivity contribution in [3.05, 3.63) is 18.2 Å². The molecule has 0 fully saturated rings. The summed E-state index contributed by atoms with van der Waals surface area (Å²) in [6.45, 7) is 0. The third kappa shape index (κ3) is 1.97. The van der Waals surface area contributed by atoms with Crippen LogP contribution in [0, 0.1) is 0 Å². The van der Waals surface area contributed by atoms with Crippen LogP contribution in [-0.4, -0.2) is 19.7 Å². The Morgan fingerprint density at radius 1 is 1.47 bits per heavy atom. The third-order valence-electron chi connectivity index (χ3n) is 1.79. The molecule has 1 heterocycles. The van der Waals surface area contributed by atoms with E-state index >= 15 is 0 Å². The summed E-state index contributed by atoms with van der Waals surface area (Å²) in [5, 5.41) is -0.458. The molecule has 7 heteroatoms. The van der Waals surface area contributed by atoms with Gasteiger partial charge in [0.15, 0.2) is 5.58 Å². The van der Waals surface area contributed by atoms with Crippen LogP contribution in [0.3, 0.4) is 0 Å². The number of nitrogens with zero attached hydrogens (tertiary/aromatic N) is 1. The van der Waals surface area contributed by atoms with Crippen LogP contribution in [0.2, 0.25) is 0 Å². The van der Waals surface area contributed by atoms with Gasteiger partial charge in [0.2, 0.25) is 0 Å². The van der Waals surface area contributed by atoms with E-state index in [4.69, 9.17) is 15.1 Å². The van der Waals surface area contributed by atoms with E-state index < -0.39 is 14.3 Å². The highest BCUT2D eigenvalue weighted by atomic mass is 35.7. The van der Waals surface area contributed by atoms with E-state index in [1.807, 2.05) is 12.3 Å². The van der Waals surface area contributed by atoms with Gasteiger partial charge >= 0.3 is 14.3 Å². The summed E-state index contributed by atoms with van der Waals surface area (Å²) in [6.07, 6.45) is 1.87. The summed E-state index contributed by atoms with van der Waals surface area (Å²) in [4.78, 5) is 4.70. The first-order chi connectivity index (χ1) is 7.02. The Morgan fingerprint density at radius 3 is 2.80 bits per heavy atom. The van der Waals surface area contributed by atoms with Crippen molar-refractivity contribution in [3.63, 3.8) is 0 Å². The van der Waals surface area contributed by atoms with Crippen molar-refractivity contribution in [1.29, 1.82) is 0 Å². The number of aromatic nitrogens is 1. The molecule has 0 bridgehead atoms. The van der Waals surface area contributed by atoms with E-state index in [-0.39, 0.29) is 0 Å². The topological polar surface area (TPSA) is 60.2 Å². The molecular weight excluding hydrogens is 258 g/mol. The first-order valence-corrected chi connectivity index (χ1v) is 7.44. The lowest BCUT2D eigenvalue weighted by molar-refractivity contribution is 0.464. The van der Waals surface area contributed by atoms with Crippen molar-refractivity contribution in [2.45, 2.75) is 10.1 Å². The Bertz CT molecular complexity index is 605. The fourth-order valence-electron chi connectivity index (χ4n) is 1.17. The first kappa shape index (κ1) is 10.8. The number of halogens is 1. The van der Waals surface area contributed by atoms with Gasteiger partial charge in [0.1, 0.15) is 5.52 Å². The maximum Gasteiger partial charge on any atom is 0.332 e. The summed E-state index contributed by atoms with van der Waals surface area (Å²) in [6, 6.07) is 5.25. The number of hydrogen-bond donors (Lipinski definition) is 0. The van der Waals surface area contributed by atoms with Crippen molar-refractivity contribution >= 4 is 42.6 Å². The van der Waals surface area contributed by atoms with Gasteiger partial charge in [-0.05, 0) is 18.4 Å². The van der Waals surface area contributed by atoms with Gasteiger partial charge < -0.3 is 4.42 Å². The van der Waals surface area contributed by atoms with E-state index in [1.165, 1.54) is 11.8 Å². The molecule has 0 aliphatic rings. The van der Waals surface area contributed by atoms with Crippen LogP contribution < -0.4 is 0 Å². The minimum atomic E-state index is -3.90. The van der Waals surface area contributed by atoms with E-state index in [9.17, 15) is 8.42 Å². The first-order valence-electron chi connectivity index (χ1n) is 3.90. The van der Waals surface area contributed by atoms with Gasteiger partial charge in [-0.2, -0.15) is 4.98 Å². The fraction of sp³-hybridized carbons (Fsp3) is 0.125. The van der Waals surface area contributed by atoms with Gasteiger partial charge in [-0.3, -0.25) is 0 Å². The summed E-state index contributed by atoms with van der Waals surface area (Å²) in [7, 11) is 1.23. The van der Waals surface area contributed by atoms with Crippen LogP contribution in [0.25, 0.3) is 11.1 Å². The molecule has 15 heavy (non-hydrogen) atoms. The van der Waals surface area contributed by atoms with E-state index in [2.05, 4.69) is 4.98 Å². The Balaban J connectivity index is 2.76. The summed E-state index contributed by atoms with van der Waals surface area (Å²) < 4.78 is 27.0. The Morgan fingerprint density at radius 2 is 2.20 bits per heavy atom. The molecule has 2 aromatic rings. The molecule has 0 aliphatic carbocycles. The number of oxazole rings is 1. The third-order valence-corrected chi connectivity index (χ3v) is 3.55. The van der Waals surface area contributed by atoms with Crippen LogP contribution >= 0.6 is 22.4 Å². The van der Waals surface area contributed by atoms with Crippen LogP contribution in [0.4, 0.5) is 0 Å². The summed E-state index contributed by atoms with van der Waals surface area (Å²) in [5.41, 5.74) is 0.935. The molecule has 0 amide bonds. The average molecular weight is 264 g/mol. The van der Waals surface area contributed by atoms with Gasteiger partial charge in [0.25, 0.3) is 0 Å². The number of hydrogen-bond acceptors (Lipinski definition) is 5. The molecular formula is C8H6ClNO3S2. The van der Waals surface area contributed by atoms with E-state index in [1.54, 1.807) is 12.1 Å². The molecule has 0 atom stereocenters. The molecule has 0 N–H and O–H groups in total. The number of thioether (sulfide) groups is 1. The second kappa shape index (κ2) is 3.70. The monoisotopic (exact) mass is 263 g/mol. The molecule has 80 valence electrons. The number of rotatable bonds is 2. The van der Waals surface area contributed by atoms with Gasteiger partial charge in [0.05, 0.1) is 0 Å². The highest BCUT2D eigenvalue weighted by molar-refractivity contribution is 8.13. The zero-order valence-electron chi connectivity index (χ0n) is 7.60. The molecule has 1 aromatic heterocycles. The SMILES string of the molecule is CSc1cccc2oc(S(=O)(=O)Cl)nc12. The molecule has 0 saturated carbocycles. The zero-order valence-corrected chi connectivity index (χ0v) is 9.99. The highest BCUT2D eigenvalue weighted by Crippen LogP contribution is 2.28. The standard InChI is InChI=1S/C8H6ClNO3S2/c1-14-6-4-2-3-5-7(6)10-8(13-5)15(9,11)12/h2-4H,1H3. The maximum absolute atomic E-state index is 11.0. The van der Waals surface area contributed by atoms with Crippen molar-refractivity contribution in [2.75, 3.05) is 6.26 Å². The second-order valence-corrected chi connectivity index (χ2v) is 6.02. The predicted octanol–water partition coefficient (Wildman–Crippen LogP) is 2.48. The minimum absolute atomic E-state index is 0.418.